The van der Waals surface area contributed by atoms with Gasteiger partial charge in [0.1, 0.15) is 6.10 Å². The smallest absolute Gasteiger partial charge is 0.169 e. The summed E-state index contributed by atoms with van der Waals surface area (Å²) >= 11 is 5.72. The van der Waals surface area contributed by atoms with E-state index in [0.717, 1.165) is 0 Å². The first-order valence-electron chi connectivity index (χ1n) is 4.57. The van der Waals surface area contributed by atoms with Crippen molar-refractivity contribution in [1.29, 1.82) is 0 Å². The number of hydrogen-bond donors (Lipinski definition) is 1. The van der Waals surface area contributed by atoms with Crippen LogP contribution in [-0.2, 0) is 9.84 Å². The van der Waals surface area contributed by atoms with Crippen molar-refractivity contribution >= 4 is 21.4 Å². The van der Waals surface area contributed by atoms with Gasteiger partial charge in [0.25, 0.3) is 0 Å². The Balaban J connectivity index is 2.92. The summed E-state index contributed by atoms with van der Waals surface area (Å²) in [6.07, 6.45) is -1.18. The molecule has 1 N–H and O–H groups in total. The Morgan fingerprint density at radius 1 is 1.33 bits per heavy atom. The third-order valence-electron chi connectivity index (χ3n) is 2.13. The van der Waals surface area contributed by atoms with Crippen LogP contribution in [0.1, 0.15) is 18.6 Å². The Kier molecular flexibility index (Phi) is 4.13. The van der Waals surface area contributed by atoms with Gasteiger partial charge in [0.05, 0.1) is 0 Å². The van der Waals surface area contributed by atoms with Crippen molar-refractivity contribution in [1.82, 2.24) is 0 Å². The van der Waals surface area contributed by atoms with Crippen LogP contribution in [0.25, 0.3) is 0 Å². The zero-order chi connectivity index (χ0) is 11.5. The van der Waals surface area contributed by atoms with Crippen LogP contribution in [0.5, 0.6) is 0 Å². The van der Waals surface area contributed by atoms with Crippen molar-refractivity contribution in [2.45, 2.75) is 17.7 Å². The van der Waals surface area contributed by atoms with Crippen LogP contribution in [0.15, 0.2) is 30.3 Å². The summed E-state index contributed by atoms with van der Waals surface area (Å²) < 4.78 is 21.6. The molecule has 0 spiro atoms. The van der Waals surface area contributed by atoms with Crippen LogP contribution in [0.3, 0.4) is 0 Å². The lowest BCUT2D eigenvalue weighted by Gasteiger charge is -2.16. The molecule has 0 saturated heterocycles. The Labute approximate surface area is 94.6 Å². The number of hydrogen-bond acceptors (Lipinski definition) is 3. The molecule has 0 saturated carbocycles. The fourth-order valence-electron chi connectivity index (χ4n) is 1.16. The maximum Gasteiger partial charge on any atom is 0.169 e. The highest BCUT2D eigenvalue weighted by Crippen LogP contribution is 2.25. The van der Waals surface area contributed by atoms with Gasteiger partial charge in [-0.15, -0.1) is 11.6 Å². The molecule has 1 aromatic carbocycles. The van der Waals surface area contributed by atoms with Gasteiger partial charge in [0, 0.05) is 5.75 Å². The summed E-state index contributed by atoms with van der Waals surface area (Å²) in [5.74, 6) is -0.0783. The van der Waals surface area contributed by atoms with Gasteiger partial charge < -0.3 is 5.11 Å². The van der Waals surface area contributed by atoms with E-state index in [9.17, 15) is 13.5 Å². The molecule has 0 heterocycles. The summed E-state index contributed by atoms with van der Waals surface area (Å²) in [6.45, 7) is 1.50. The summed E-state index contributed by atoms with van der Waals surface area (Å²) in [5, 5.41) is 9.74. The molecule has 3 nitrogen and oxygen atoms in total. The Hall–Kier alpha value is -0.580. The van der Waals surface area contributed by atoms with E-state index in [-0.39, 0.29) is 5.75 Å². The molecule has 1 rings (SSSR count). The molecule has 0 aliphatic rings. The van der Waals surface area contributed by atoms with Gasteiger partial charge in [-0.05, 0) is 5.56 Å². The first kappa shape index (κ1) is 12.5. The van der Waals surface area contributed by atoms with Gasteiger partial charge >= 0.3 is 0 Å². The third-order valence-corrected chi connectivity index (χ3v) is 4.94. The number of rotatable bonds is 4. The maximum atomic E-state index is 11.4. The van der Waals surface area contributed by atoms with E-state index in [1.807, 2.05) is 0 Å². The zero-order valence-electron chi connectivity index (χ0n) is 8.30. The molecule has 15 heavy (non-hydrogen) atoms. The zero-order valence-corrected chi connectivity index (χ0v) is 9.87. The summed E-state index contributed by atoms with van der Waals surface area (Å²) in [7, 11) is -3.43. The second kappa shape index (κ2) is 4.96. The fraction of sp³-hybridized carbons (Fsp3) is 0.400. The SMILES string of the molecule is CCS(=O)(=O)C(Cl)C(O)c1ccccc1. The predicted octanol–water partition coefficient (Wildman–Crippen LogP) is 1.72. The quantitative estimate of drug-likeness (QED) is 0.826. The molecule has 0 aliphatic carbocycles. The average Bonchev–Trinajstić information content (AvgIpc) is 2.28. The minimum atomic E-state index is -3.43. The number of aliphatic hydroxyl groups excluding tert-OH is 1. The second-order valence-corrected chi connectivity index (χ2v) is 6.30. The second-order valence-electron chi connectivity index (χ2n) is 3.16. The van der Waals surface area contributed by atoms with E-state index in [2.05, 4.69) is 0 Å². The predicted molar refractivity (Wildman–Crippen MR) is 60.5 cm³/mol. The van der Waals surface area contributed by atoms with Gasteiger partial charge in [-0.2, -0.15) is 0 Å². The molecule has 0 aromatic heterocycles. The standard InChI is InChI=1S/C10H13ClO3S/c1-2-15(13,14)10(11)9(12)8-6-4-3-5-7-8/h3-7,9-10,12H,2H2,1H3. The van der Waals surface area contributed by atoms with Crippen LogP contribution in [0.2, 0.25) is 0 Å². The first-order chi connectivity index (χ1) is 6.99. The molecule has 0 radical (unpaired) electrons. The minimum absolute atomic E-state index is 0.0783. The Bertz CT molecular complexity index is 402. The molecule has 0 fully saturated rings. The van der Waals surface area contributed by atoms with Crippen molar-refractivity contribution in [2.24, 2.45) is 0 Å². The highest BCUT2D eigenvalue weighted by atomic mass is 35.5. The first-order valence-corrected chi connectivity index (χ1v) is 6.73. The number of aliphatic hydroxyl groups is 1. The highest BCUT2D eigenvalue weighted by Gasteiger charge is 2.29. The van der Waals surface area contributed by atoms with E-state index in [4.69, 9.17) is 11.6 Å². The largest absolute Gasteiger partial charge is 0.386 e. The van der Waals surface area contributed by atoms with Crippen LogP contribution in [0, 0.1) is 0 Å². The van der Waals surface area contributed by atoms with Crippen LogP contribution in [0.4, 0.5) is 0 Å². The molecule has 2 atom stereocenters. The molecule has 2 unspecified atom stereocenters. The van der Waals surface area contributed by atoms with Crippen molar-refractivity contribution < 1.29 is 13.5 Å². The van der Waals surface area contributed by atoms with E-state index in [0.29, 0.717) is 5.56 Å². The Morgan fingerprint density at radius 2 is 1.87 bits per heavy atom. The summed E-state index contributed by atoms with van der Waals surface area (Å²) in [6, 6.07) is 8.52. The number of sulfone groups is 1. The molecular weight excluding hydrogens is 236 g/mol. The number of benzene rings is 1. The molecule has 0 amide bonds. The van der Waals surface area contributed by atoms with Crippen LogP contribution < -0.4 is 0 Å². The minimum Gasteiger partial charge on any atom is -0.386 e. The molecule has 5 heteroatoms. The van der Waals surface area contributed by atoms with Crippen LogP contribution in [-0.4, -0.2) is 24.0 Å². The van der Waals surface area contributed by atoms with Gasteiger partial charge in [0.15, 0.2) is 14.5 Å². The summed E-state index contributed by atoms with van der Waals surface area (Å²) in [4.78, 5) is 0. The maximum absolute atomic E-state index is 11.4. The van der Waals surface area contributed by atoms with Crippen molar-refractivity contribution in [3.63, 3.8) is 0 Å². The average molecular weight is 249 g/mol. The van der Waals surface area contributed by atoms with Gasteiger partial charge in [-0.25, -0.2) is 8.42 Å². The molecule has 1 aromatic rings. The van der Waals surface area contributed by atoms with E-state index in [1.54, 1.807) is 30.3 Å². The van der Waals surface area contributed by atoms with Crippen LogP contribution >= 0.6 is 11.6 Å². The monoisotopic (exact) mass is 248 g/mol. The van der Waals surface area contributed by atoms with Gasteiger partial charge in [-0.1, -0.05) is 37.3 Å². The fourth-order valence-corrected chi connectivity index (χ4v) is 2.55. The van der Waals surface area contributed by atoms with Gasteiger partial charge in [-0.3, -0.25) is 0 Å². The third kappa shape index (κ3) is 2.93. The highest BCUT2D eigenvalue weighted by molar-refractivity contribution is 7.93. The topological polar surface area (TPSA) is 54.4 Å². The molecule has 84 valence electrons. The van der Waals surface area contributed by atoms with E-state index >= 15 is 0 Å². The summed E-state index contributed by atoms with van der Waals surface area (Å²) in [5.41, 5.74) is 0.509. The molecular formula is C10H13ClO3S. The number of halogens is 1. The lowest BCUT2D eigenvalue weighted by atomic mass is 10.1. The molecule has 0 bridgehead atoms. The van der Waals surface area contributed by atoms with Crippen molar-refractivity contribution in [3.05, 3.63) is 35.9 Å². The van der Waals surface area contributed by atoms with Gasteiger partial charge in [0.2, 0.25) is 0 Å². The van der Waals surface area contributed by atoms with Crippen molar-refractivity contribution in [2.75, 3.05) is 5.75 Å². The van der Waals surface area contributed by atoms with Crippen molar-refractivity contribution in [3.8, 4) is 0 Å². The molecule has 0 aliphatic heterocycles. The Morgan fingerprint density at radius 3 is 2.33 bits per heavy atom. The normalized spacial score (nSPS) is 15.9. The van der Waals surface area contributed by atoms with E-state index < -0.39 is 20.7 Å². The van der Waals surface area contributed by atoms with E-state index in [1.165, 1.54) is 6.92 Å². The lowest BCUT2D eigenvalue weighted by molar-refractivity contribution is 0.191. The number of alkyl halides is 1. The lowest BCUT2D eigenvalue weighted by Crippen LogP contribution is -2.24.